The Morgan fingerprint density at radius 2 is 0.778 bits per heavy atom. The predicted molar refractivity (Wildman–Crippen MR) is 270 cm³/mol. The molecule has 0 saturated heterocycles. The van der Waals surface area contributed by atoms with Crippen LogP contribution in [0.15, 0.2) is 255 Å². The maximum atomic E-state index is 2.59. The molecule has 2 nitrogen and oxygen atoms in total. The number of hydrogen-bond acceptors (Lipinski definition) is 0. The Morgan fingerprint density at radius 1 is 0.302 bits per heavy atom. The zero-order valence-corrected chi connectivity index (χ0v) is 35.6. The van der Waals surface area contributed by atoms with Gasteiger partial charge in [0.1, 0.15) is 0 Å². The Kier molecular flexibility index (Phi) is 8.87. The van der Waals surface area contributed by atoms with E-state index in [1.54, 1.807) is 0 Å². The Morgan fingerprint density at radius 3 is 1.40 bits per heavy atom. The van der Waals surface area contributed by atoms with E-state index in [9.17, 15) is 0 Å². The van der Waals surface area contributed by atoms with Crippen molar-refractivity contribution in [3.05, 3.63) is 255 Å². The number of hydrogen-bond donors (Lipinski definition) is 0. The highest BCUT2D eigenvalue weighted by Gasteiger charge is 2.43. The van der Waals surface area contributed by atoms with E-state index in [2.05, 4.69) is 264 Å². The summed E-state index contributed by atoms with van der Waals surface area (Å²) in [7, 11) is -2.95. The minimum atomic E-state index is -2.95. The monoisotopic (exact) mass is 818 g/mol. The molecule has 2 heterocycles. The van der Waals surface area contributed by atoms with Crippen molar-refractivity contribution in [2.75, 3.05) is 0 Å². The summed E-state index contributed by atoms with van der Waals surface area (Å²) >= 11 is 0. The van der Waals surface area contributed by atoms with Crippen molar-refractivity contribution in [2.45, 2.75) is 0 Å². The highest BCUT2D eigenvalue weighted by molar-refractivity contribution is 7.20. The van der Waals surface area contributed by atoms with Crippen LogP contribution in [0.4, 0.5) is 0 Å². The molecule has 0 N–H and O–H groups in total. The summed E-state index contributed by atoms with van der Waals surface area (Å²) in [6.45, 7) is 0. The van der Waals surface area contributed by atoms with Crippen molar-refractivity contribution >= 4 is 72.4 Å². The molecular formula is C60H42N2Si. The Labute approximate surface area is 368 Å². The SMILES string of the molecule is c1ccc(-c2cccc(-n3c4ccccc4c4ccc(-c5ccccc5)c(-n5c6ccccc6c6c([Si](c7ccccc7)(c7ccccc7)c7ccccc7)cccc65)c43)c2)cc1. The quantitative estimate of drug-likeness (QED) is 0.107. The summed E-state index contributed by atoms with van der Waals surface area (Å²) in [5.41, 5.74) is 11.7. The molecule has 0 aliphatic heterocycles. The van der Waals surface area contributed by atoms with Gasteiger partial charge in [0.05, 0.1) is 27.8 Å². The zero-order valence-electron chi connectivity index (χ0n) is 34.6. The summed E-state index contributed by atoms with van der Waals surface area (Å²) < 4.78 is 5.11. The van der Waals surface area contributed by atoms with Crippen LogP contribution in [0.3, 0.4) is 0 Å². The lowest BCUT2D eigenvalue weighted by atomic mass is 10.00. The number of para-hydroxylation sites is 2. The summed E-state index contributed by atoms with van der Waals surface area (Å²) in [5.74, 6) is 0. The minimum Gasteiger partial charge on any atom is -0.307 e. The van der Waals surface area contributed by atoms with Gasteiger partial charge in [0.15, 0.2) is 8.07 Å². The van der Waals surface area contributed by atoms with Gasteiger partial charge in [0.2, 0.25) is 0 Å². The standard InChI is InChI=1S/C60H42N2Si/c1-6-22-43(23-7-1)45-26-20-27-46(42-45)61-54-36-18-16-34-51(54)52-41-40-50(44-24-8-2-9-25-44)59(60(52)61)62-55-37-19-17-35-53(55)58-56(62)38-21-39-57(58)63(47-28-10-3-11-29-47,48-30-12-4-13-31-48)49-32-14-5-15-33-49/h1-42H. The van der Waals surface area contributed by atoms with Crippen molar-refractivity contribution in [2.24, 2.45) is 0 Å². The normalized spacial score (nSPS) is 11.8. The molecule has 0 radical (unpaired) electrons. The molecule has 296 valence electrons. The Hall–Kier alpha value is -7.98. The van der Waals surface area contributed by atoms with Crippen LogP contribution < -0.4 is 20.7 Å². The fourth-order valence-electron chi connectivity index (χ4n) is 10.4. The van der Waals surface area contributed by atoms with E-state index in [1.807, 2.05) is 0 Å². The van der Waals surface area contributed by atoms with Gasteiger partial charge in [-0.1, -0.05) is 224 Å². The van der Waals surface area contributed by atoms with Crippen LogP contribution in [-0.4, -0.2) is 17.2 Å². The number of benzene rings is 10. The maximum Gasteiger partial charge on any atom is 0.180 e. The molecule has 63 heavy (non-hydrogen) atoms. The summed E-state index contributed by atoms with van der Waals surface area (Å²) in [6, 6.07) is 94.4. The lowest BCUT2D eigenvalue weighted by molar-refractivity contribution is 1.13. The fraction of sp³-hybridized carbons (Fsp3) is 0. The second-order valence-electron chi connectivity index (χ2n) is 16.4. The maximum absolute atomic E-state index is 2.95. The second-order valence-corrected chi connectivity index (χ2v) is 20.2. The van der Waals surface area contributed by atoms with E-state index >= 15 is 0 Å². The average molecular weight is 819 g/mol. The van der Waals surface area contributed by atoms with Crippen LogP contribution in [-0.2, 0) is 0 Å². The number of fused-ring (bicyclic) bond motifs is 6. The topological polar surface area (TPSA) is 9.86 Å². The summed E-state index contributed by atoms with van der Waals surface area (Å²) in [5, 5.41) is 10.4. The molecule has 10 aromatic carbocycles. The minimum absolute atomic E-state index is 1.12. The molecule has 0 aliphatic rings. The van der Waals surface area contributed by atoms with Gasteiger partial charge in [-0.05, 0) is 67.8 Å². The van der Waals surface area contributed by atoms with Crippen LogP contribution in [0, 0.1) is 0 Å². The van der Waals surface area contributed by atoms with Crippen LogP contribution in [0.5, 0.6) is 0 Å². The van der Waals surface area contributed by atoms with E-state index in [0.717, 1.165) is 11.4 Å². The molecule has 0 atom stereocenters. The third-order valence-corrected chi connectivity index (χ3v) is 17.9. The largest absolute Gasteiger partial charge is 0.307 e. The molecule has 2 aromatic heterocycles. The van der Waals surface area contributed by atoms with Gasteiger partial charge in [-0.3, -0.25) is 0 Å². The molecule has 0 aliphatic carbocycles. The van der Waals surface area contributed by atoms with Gasteiger partial charge in [0, 0.05) is 32.8 Å². The average Bonchev–Trinajstić information content (AvgIpc) is 3.89. The predicted octanol–water partition coefficient (Wildman–Crippen LogP) is 12.6. The number of rotatable bonds is 8. The lowest BCUT2D eigenvalue weighted by Gasteiger charge is -2.35. The molecule has 0 spiro atoms. The molecular weight excluding hydrogens is 777 g/mol. The Balaban J connectivity index is 1.27. The third-order valence-electron chi connectivity index (χ3n) is 13.1. The fourth-order valence-corrected chi connectivity index (χ4v) is 15.4. The molecule has 0 bridgehead atoms. The highest BCUT2D eigenvalue weighted by atomic mass is 28.3. The Bertz CT molecular complexity index is 3500. The molecule has 0 saturated carbocycles. The first-order chi connectivity index (χ1) is 31.3. The van der Waals surface area contributed by atoms with Crippen molar-refractivity contribution in [1.82, 2.24) is 9.13 Å². The van der Waals surface area contributed by atoms with Crippen LogP contribution in [0.25, 0.3) is 77.2 Å². The molecule has 0 fully saturated rings. The first-order valence-electron chi connectivity index (χ1n) is 21.8. The van der Waals surface area contributed by atoms with Gasteiger partial charge in [-0.25, -0.2) is 0 Å². The first-order valence-corrected chi connectivity index (χ1v) is 23.8. The van der Waals surface area contributed by atoms with E-state index < -0.39 is 8.07 Å². The van der Waals surface area contributed by atoms with Crippen LogP contribution in [0.1, 0.15) is 0 Å². The molecule has 0 unspecified atom stereocenters. The lowest BCUT2D eigenvalue weighted by Crippen LogP contribution is -2.74. The van der Waals surface area contributed by atoms with E-state index in [-0.39, 0.29) is 0 Å². The molecule has 12 rings (SSSR count). The van der Waals surface area contributed by atoms with Crippen molar-refractivity contribution < 1.29 is 0 Å². The van der Waals surface area contributed by atoms with E-state index in [1.165, 1.54) is 86.6 Å². The highest BCUT2D eigenvalue weighted by Crippen LogP contribution is 2.44. The van der Waals surface area contributed by atoms with Gasteiger partial charge >= 0.3 is 0 Å². The van der Waals surface area contributed by atoms with Gasteiger partial charge in [-0.2, -0.15) is 0 Å². The summed E-state index contributed by atoms with van der Waals surface area (Å²) in [6.07, 6.45) is 0. The third kappa shape index (κ3) is 5.78. The molecule has 0 amide bonds. The number of nitrogens with zero attached hydrogens (tertiary/aromatic N) is 2. The summed E-state index contributed by atoms with van der Waals surface area (Å²) in [4.78, 5) is 0. The first kappa shape index (κ1) is 36.8. The van der Waals surface area contributed by atoms with Crippen molar-refractivity contribution in [3.63, 3.8) is 0 Å². The molecule has 12 aromatic rings. The number of aromatic nitrogens is 2. The van der Waals surface area contributed by atoms with Gasteiger partial charge in [0.25, 0.3) is 0 Å². The van der Waals surface area contributed by atoms with Crippen molar-refractivity contribution in [3.8, 4) is 33.6 Å². The smallest absolute Gasteiger partial charge is 0.180 e. The van der Waals surface area contributed by atoms with E-state index in [4.69, 9.17) is 0 Å². The van der Waals surface area contributed by atoms with Crippen LogP contribution in [0.2, 0.25) is 0 Å². The zero-order chi connectivity index (χ0) is 41.7. The van der Waals surface area contributed by atoms with E-state index in [0.29, 0.717) is 0 Å². The molecule has 3 heteroatoms. The van der Waals surface area contributed by atoms with Gasteiger partial charge < -0.3 is 9.13 Å². The van der Waals surface area contributed by atoms with Crippen LogP contribution >= 0.6 is 0 Å². The van der Waals surface area contributed by atoms with Crippen molar-refractivity contribution in [1.29, 1.82) is 0 Å². The second kappa shape index (κ2) is 15.2. The van der Waals surface area contributed by atoms with Gasteiger partial charge in [-0.15, -0.1) is 0 Å².